The van der Waals surface area contributed by atoms with Gasteiger partial charge in [-0.3, -0.25) is 4.79 Å². The maximum absolute atomic E-state index is 12.3. The molecule has 0 aromatic rings. The molecule has 0 aromatic heterocycles. The molecular weight excluding hydrogens is 212 g/mol. The van der Waals surface area contributed by atoms with E-state index in [4.69, 9.17) is 5.73 Å². The summed E-state index contributed by atoms with van der Waals surface area (Å²) in [6.45, 7) is 9.98. The van der Waals surface area contributed by atoms with E-state index in [-0.39, 0.29) is 5.92 Å². The second-order valence-corrected chi connectivity index (χ2v) is 5.16. The summed E-state index contributed by atoms with van der Waals surface area (Å²) in [7, 11) is 0. The smallest absolute Gasteiger partial charge is 0.225 e. The minimum Gasteiger partial charge on any atom is -0.340 e. The van der Waals surface area contributed by atoms with Crippen molar-refractivity contribution in [3.05, 3.63) is 0 Å². The van der Waals surface area contributed by atoms with Crippen LogP contribution in [0.4, 0.5) is 0 Å². The Kier molecular flexibility index (Phi) is 9.14. The number of amides is 1. The molecule has 3 nitrogen and oxygen atoms in total. The quantitative estimate of drug-likeness (QED) is 0.632. The summed E-state index contributed by atoms with van der Waals surface area (Å²) in [4.78, 5) is 14.3. The van der Waals surface area contributed by atoms with Crippen molar-refractivity contribution in [1.29, 1.82) is 0 Å². The van der Waals surface area contributed by atoms with Crippen LogP contribution in [0.5, 0.6) is 0 Å². The molecule has 0 heterocycles. The van der Waals surface area contributed by atoms with Crippen LogP contribution in [-0.4, -0.2) is 29.9 Å². The normalized spacial score (nSPS) is 12.8. The van der Waals surface area contributed by atoms with Gasteiger partial charge in [-0.05, 0) is 39.7 Å². The average Bonchev–Trinajstić information content (AvgIpc) is 2.30. The number of hydrogen-bond acceptors (Lipinski definition) is 2. The molecule has 0 aliphatic carbocycles. The maximum atomic E-state index is 12.3. The van der Waals surface area contributed by atoms with E-state index in [1.54, 1.807) is 0 Å². The van der Waals surface area contributed by atoms with Crippen molar-refractivity contribution < 1.29 is 4.79 Å². The van der Waals surface area contributed by atoms with E-state index in [2.05, 4.69) is 20.8 Å². The van der Waals surface area contributed by atoms with E-state index in [1.165, 1.54) is 12.8 Å². The van der Waals surface area contributed by atoms with Crippen LogP contribution in [0.1, 0.15) is 59.8 Å². The van der Waals surface area contributed by atoms with E-state index < -0.39 is 0 Å². The first-order chi connectivity index (χ1) is 8.04. The summed E-state index contributed by atoms with van der Waals surface area (Å²) >= 11 is 0. The summed E-state index contributed by atoms with van der Waals surface area (Å²) in [5.74, 6) is 0.409. The van der Waals surface area contributed by atoms with Crippen LogP contribution in [0, 0.1) is 5.92 Å². The molecule has 0 spiro atoms. The molecule has 0 saturated carbocycles. The molecule has 1 atom stereocenters. The van der Waals surface area contributed by atoms with Crippen molar-refractivity contribution in [2.45, 2.75) is 65.8 Å². The highest BCUT2D eigenvalue weighted by atomic mass is 16.2. The van der Waals surface area contributed by atoms with Gasteiger partial charge in [0.25, 0.3) is 0 Å². The number of rotatable bonds is 9. The van der Waals surface area contributed by atoms with E-state index >= 15 is 0 Å². The maximum Gasteiger partial charge on any atom is 0.225 e. The standard InChI is InChI=1S/C14H30N2O/c1-5-6-7-11-16(12(2)3)14(17)13(4)9-8-10-15/h12-13H,5-11,15H2,1-4H3. The zero-order chi connectivity index (χ0) is 13.3. The predicted molar refractivity (Wildman–Crippen MR) is 73.8 cm³/mol. The molecule has 17 heavy (non-hydrogen) atoms. The number of nitrogens with zero attached hydrogens (tertiary/aromatic N) is 1. The fourth-order valence-corrected chi connectivity index (χ4v) is 1.99. The molecule has 2 N–H and O–H groups in total. The Morgan fingerprint density at radius 3 is 2.29 bits per heavy atom. The highest BCUT2D eigenvalue weighted by molar-refractivity contribution is 5.78. The first-order valence-corrected chi connectivity index (χ1v) is 7.05. The van der Waals surface area contributed by atoms with Gasteiger partial charge in [0.15, 0.2) is 0 Å². The van der Waals surface area contributed by atoms with E-state index in [0.717, 1.165) is 25.8 Å². The summed E-state index contributed by atoms with van der Waals surface area (Å²) in [5, 5.41) is 0. The van der Waals surface area contributed by atoms with Gasteiger partial charge >= 0.3 is 0 Å². The largest absolute Gasteiger partial charge is 0.340 e. The molecule has 0 aromatic carbocycles. The molecule has 0 saturated heterocycles. The average molecular weight is 242 g/mol. The Bertz CT molecular complexity index is 204. The molecule has 0 aliphatic rings. The van der Waals surface area contributed by atoms with Crippen molar-refractivity contribution in [3.63, 3.8) is 0 Å². The van der Waals surface area contributed by atoms with Gasteiger partial charge in [0.05, 0.1) is 0 Å². The molecule has 3 heteroatoms. The highest BCUT2D eigenvalue weighted by Crippen LogP contribution is 2.13. The summed E-state index contributed by atoms with van der Waals surface area (Å²) < 4.78 is 0. The molecular formula is C14H30N2O. The third-order valence-corrected chi connectivity index (χ3v) is 3.17. The van der Waals surface area contributed by atoms with Gasteiger partial charge in [0.2, 0.25) is 5.91 Å². The molecule has 0 bridgehead atoms. The number of carbonyl (C=O) groups excluding carboxylic acids is 1. The summed E-state index contributed by atoms with van der Waals surface area (Å²) in [6.07, 6.45) is 5.36. The lowest BCUT2D eigenvalue weighted by Gasteiger charge is -2.29. The molecule has 102 valence electrons. The third-order valence-electron chi connectivity index (χ3n) is 3.17. The fourth-order valence-electron chi connectivity index (χ4n) is 1.99. The fraction of sp³-hybridized carbons (Fsp3) is 0.929. The SMILES string of the molecule is CCCCCN(C(=O)C(C)CCCN)C(C)C. The van der Waals surface area contributed by atoms with Gasteiger partial charge < -0.3 is 10.6 Å². The van der Waals surface area contributed by atoms with Crippen LogP contribution in [-0.2, 0) is 4.79 Å². The molecule has 1 unspecified atom stereocenters. The minimum absolute atomic E-state index is 0.113. The Balaban J connectivity index is 4.22. The first-order valence-electron chi connectivity index (χ1n) is 7.05. The van der Waals surface area contributed by atoms with E-state index in [0.29, 0.717) is 18.5 Å². The summed E-state index contributed by atoms with van der Waals surface area (Å²) in [5.41, 5.74) is 5.49. The lowest BCUT2D eigenvalue weighted by molar-refractivity contribution is -0.137. The van der Waals surface area contributed by atoms with Gasteiger partial charge in [-0.2, -0.15) is 0 Å². The zero-order valence-corrected chi connectivity index (χ0v) is 12.0. The zero-order valence-electron chi connectivity index (χ0n) is 12.0. The predicted octanol–water partition coefficient (Wildman–Crippen LogP) is 2.79. The van der Waals surface area contributed by atoms with Crippen molar-refractivity contribution in [2.75, 3.05) is 13.1 Å². The van der Waals surface area contributed by atoms with Crippen LogP contribution in [0.3, 0.4) is 0 Å². The minimum atomic E-state index is 0.113. The first kappa shape index (κ1) is 16.4. The summed E-state index contributed by atoms with van der Waals surface area (Å²) in [6, 6.07) is 0.305. The van der Waals surface area contributed by atoms with Gasteiger partial charge in [-0.1, -0.05) is 26.7 Å². The number of hydrogen-bond donors (Lipinski definition) is 1. The molecule has 1 amide bonds. The molecule has 0 aliphatic heterocycles. The van der Waals surface area contributed by atoms with E-state index in [1.807, 2.05) is 11.8 Å². The molecule has 0 radical (unpaired) electrons. The van der Waals surface area contributed by atoms with Crippen LogP contribution in [0.25, 0.3) is 0 Å². The van der Waals surface area contributed by atoms with Crippen molar-refractivity contribution in [1.82, 2.24) is 4.90 Å². The number of nitrogens with two attached hydrogens (primary N) is 1. The Morgan fingerprint density at radius 1 is 1.18 bits per heavy atom. The van der Waals surface area contributed by atoms with Crippen LogP contribution in [0.2, 0.25) is 0 Å². The van der Waals surface area contributed by atoms with E-state index in [9.17, 15) is 4.79 Å². The second-order valence-electron chi connectivity index (χ2n) is 5.16. The lowest BCUT2D eigenvalue weighted by atomic mass is 10.0. The second kappa shape index (κ2) is 9.46. The van der Waals surface area contributed by atoms with Crippen LogP contribution < -0.4 is 5.73 Å². The monoisotopic (exact) mass is 242 g/mol. The van der Waals surface area contributed by atoms with Crippen LogP contribution in [0.15, 0.2) is 0 Å². The van der Waals surface area contributed by atoms with Crippen LogP contribution >= 0.6 is 0 Å². The Hall–Kier alpha value is -0.570. The lowest BCUT2D eigenvalue weighted by Crippen LogP contribution is -2.41. The third kappa shape index (κ3) is 6.67. The van der Waals surface area contributed by atoms with Crippen molar-refractivity contribution in [3.8, 4) is 0 Å². The van der Waals surface area contributed by atoms with Gasteiger partial charge in [0.1, 0.15) is 0 Å². The Morgan fingerprint density at radius 2 is 1.82 bits per heavy atom. The number of unbranched alkanes of at least 4 members (excludes halogenated alkanes) is 2. The van der Waals surface area contributed by atoms with Crippen molar-refractivity contribution in [2.24, 2.45) is 11.7 Å². The topological polar surface area (TPSA) is 46.3 Å². The van der Waals surface area contributed by atoms with Gasteiger partial charge in [-0.25, -0.2) is 0 Å². The number of carbonyl (C=O) groups is 1. The molecule has 0 rings (SSSR count). The van der Waals surface area contributed by atoms with Gasteiger partial charge in [-0.15, -0.1) is 0 Å². The van der Waals surface area contributed by atoms with Gasteiger partial charge in [0, 0.05) is 18.5 Å². The highest BCUT2D eigenvalue weighted by Gasteiger charge is 2.21. The Labute approximate surface area is 107 Å². The van der Waals surface area contributed by atoms with Crippen molar-refractivity contribution >= 4 is 5.91 Å². The molecule has 0 fully saturated rings.